The third-order valence-electron chi connectivity index (χ3n) is 2.77. The number of hydrogen-bond acceptors (Lipinski definition) is 2. The number of aromatic nitrogens is 2. The van der Waals surface area contributed by atoms with Crippen LogP contribution in [0.4, 0.5) is 0 Å². The number of hydrogen-bond donors (Lipinski definition) is 1. The molecule has 0 radical (unpaired) electrons. The van der Waals surface area contributed by atoms with Crippen LogP contribution >= 0.6 is 15.9 Å². The van der Waals surface area contributed by atoms with E-state index in [1.54, 1.807) is 0 Å². The van der Waals surface area contributed by atoms with Crippen molar-refractivity contribution in [2.24, 2.45) is 12.8 Å². The van der Waals surface area contributed by atoms with Crippen molar-refractivity contribution in [1.82, 2.24) is 9.55 Å². The number of nitrogens with zero attached hydrogens (tertiary/aromatic N) is 2. The van der Waals surface area contributed by atoms with Crippen LogP contribution in [0.2, 0.25) is 0 Å². The molecule has 0 saturated heterocycles. The molecule has 0 saturated carbocycles. The Morgan fingerprint density at radius 1 is 1.31 bits per heavy atom. The summed E-state index contributed by atoms with van der Waals surface area (Å²) in [6, 6.07) is 8.15. The van der Waals surface area contributed by atoms with Gasteiger partial charge in [-0.3, -0.25) is 0 Å². The fourth-order valence-corrected chi connectivity index (χ4v) is 1.97. The van der Waals surface area contributed by atoms with Gasteiger partial charge in [-0.2, -0.15) is 0 Å². The van der Waals surface area contributed by atoms with Crippen molar-refractivity contribution < 1.29 is 0 Å². The first-order chi connectivity index (χ1) is 7.63. The predicted octanol–water partition coefficient (Wildman–Crippen LogP) is 2.62. The Morgan fingerprint density at radius 2 is 1.94 bits per heavy atom. The fraction of sp³-hybridized carbons (Fsp3) is 0.250. The van der Waals surface area contributed by atoms with Gasteiger partial charge in [-0.25, -0.2) is 4.98 Å². The monoisotopic (exact) mass is 279 g/mol. The molecule has 1 aromatic heterocycles. The van der Waals surface area contributed by atoms with Gasteiger partial charge in [0.05, 0.1) is 12.2 Å². The smallest absolute Gasteiger partial charge is 0.123 e. The summed E-state index contributed by atoms with van der Waals surface area (Å²) in [5, 5.41) is 0. The second-order valence-electron chi connectivity index (χ2n) is 3.73. The highest BCUT2D eigenvalue weighted by atomic mass is 79.9. The highest BCUT2D eigenvalue weighted by Crippen LogP contribution is 2.24. The van der Waals surface area contributed by atoms with Gasteiger partial charge in [0.15, 0.2) is 0 Å². The molecular formula is C12H14BrN3. The average molecular weight is 280 g/mol. The SMILES string of the molecule is Cc1c(-c2ccc(Br)cc2)nc(CN)n1C. The van der Waals surface area contributed by atoms with Gasteiger partial charge in [0.25, 0.3) is 0 Å². The summed E-state index contributed by atoms with van der Waals surface area (Å²) < 4.78 is 3.11. The summed E-state index contributed by atoms with van der Waals surface area (Å²) in [4.78, 5) is 4.55. The number of rotatable bonds is 2. The van der Waals surface area contributed by atoms with Gasteiger partial charge in [0.1, 0.15) is 5.82 Å². The van der Waals surface area contributed by atoms with E-state index in [4.69, 9.17) is 5.73 Å². The molecule has 3 nitrogen and oxygen atoms in total. The average Bonchev–Trinajstić information content (AvgIpc) is 2.57. The van der Waals surface area contributed by atoms with E-state index in [1.165, 1.54) is 0 Å². The lowest BCUT2D eigenvalue weighted by Crippen LogP contribution is -2.05. The molecule has 84 valence electrons. The van der Waals surface area contributed by atoms with Gasteiger partial charge >= 0.3 is 0 Å². The molecular weight excluding hydrogens is 266 g/mol. The van der Waals surface area contributed by atoms with E-state index in [0.29, 0.717) is 6.54 Å². The largest absolute Gasteiger partial charge is 0.334 e. The van der Waals surface area contributed by atoms with E-state index in [1.807, 2.05) is 23.7 Å². The first-order valence-electron chi connectivity index (χ1n) is 5.11. The van der Waals surface area contributed by atoms with E-state index in [9.17, 15) is 0 Å². The molecule has 0 fully saturated rings. The molecule has 0 amide bonds. The van der Waals surface area contributed by atoms with Gasteiger partial charge in [-0.1, -0.05) is 28.1 Å². The Hall–Kier alpha value is -1.13. The van der Waals surface area contributed by atoms with Crippen LogP contribution in [-0.2, 0) is 13.6 Å². The minimum Gasteiger partial charge on any atom is -0.334 e. The Kier molecular flexibility index (Phi) is 3.12. The lowest BCUT2D eigenvalue weighted by atomic mass is 10.1. The number of nitrogens with two attached hydrogens (primary N) is 1. The minimum absolute atomic E-state index is 0.466. The molecule has 0 aliphatic rings. The molecule has 0 aliphatic carbocycles. The van der Waals surface area contributed by atoms with Crippen molar-refractivity contribution >= 4 is 15.9 Å². The lowest BCUT2D eigenvalue weighted by molar-refractivity contribution is 0.774. The van der Waals surface area contributed by atoms with Gasteiger partial charge in [0, 0.05) is 22.8 Å². The van der Waals surface area contributed by atoms with E-state index >= 15 is 0 Å². The number of halogens is 1. The van der Waals surface area contributed by atoms with Crippen LogP contribution in [0, 0.1) is 6.92 Å². The zero-order chi connectivity index (χ0) is 11.7. The van der Waals surface area contributed by atoms with Gasteiger partial charge < -0.3 is 10.3 Å². The summed E-state index contributed by atoms with van der Waals surface area (Å²) in [6.07, 6.45) is 0. The molecule has 0 spiro atoms. The van der Waals surface area contributed by atoms with Crippen LogP contribution in [0.5, 0.6) is 0 Å². The van der Waals surface area contributed by atoms with Gasteiger partial charge in [-0.05, 0) is 19.1 Å². The van der Waals surface area contributed by atoms with Crippen molar-refractivity contribution in [2.45, 2.75) is 13.5 Å². The number of imidazole rings is 1. The van der Waals surface area contributed by atoms with E-state index in [-0.39, 0.29) is 0 Å². The number of benzene rings is 1. The normalized spacial score (nSPS) is 10.8. The summed E-state index contributed by atoms with van der Waals surface area (Å²) in [6.45, 7) is 2.53. The first kappa shape index (κ1) is 11.4. The quantitative estimate of drug-likeness (QED) is 0.919. The summed E-state index contributed by atoms with van der Waals surface area (Å²) >= 11 is 3.42. The predicted molar refractivity (Wildman–Crippen MR) is 69.0 cm³/mol. The third kappa shape index (κ3) is 1.90. The van der Waals surface area contributed by atoms with Gasteiger partial charge in [0.2, 0.25) is 0 Å². The first-order valence-corrected chi connectivity index (χ1v) is 5.91. The highest BCUT2D eigenvalue weighted by molar-refractivity contribution is 9.10. The summed E-state index contributed by atoms with van der Waals surface area (Å²) in [7, 11) is 1.99. The summed E-state index contributed by atoms with van der Waals surface area (Å²) in [5.74, 6) is 0.912. The van der Waals surface area contributed by atoms with Crippen LogP contribution < -0.4 is 5.73 Å². The fourth-order valence-electron chi connectivity index (χ4n) is 1.70. The lowest BCUT2D eigenvalue weighted by Gasteiger charge is -2.01. The Balaban J connectivity index is 2.52. The zero-order valence-corrected chi connectivity index (χ0v) is 11.0. The van der Waals surface area contributed by atoms with E-state index < -0.39 is 0 Å². The molecule has 1 heterocycles. The summed E-state index contributed by atoms with van der Waals surface area (Å²) in [5.41, 5.74) is 8.92. The van der Waals surface area contributed by atoms with Crippen LogP contribution in [-0.4, -0.2) is 9.55 Å². The Morgan fingerprint density at radius 3 is 2.44 bits per heavy atom. The molecule has 4 heteroatoms. The van der Waals surface area contributed by atoms with Crippen LogP contribution in [0.15, 0.2) is 28.7 Å². The molecule has 0 atom stereocenters. The molecule has 1 aromatic carbocycles. The van der Waals surface area contributed by atoms with Crippen LogP contribution in [0.1, 0.15) is 11.5 Å². The van der Waals surface area contributed by atoms with E-state index in [2.05, 4.69) is 40.0 Å². The standard InChI is InChI=1S/C12H14BrN3/c1-8-12(15-11(7-14)16(8)2)9-3-5-10(13)6-4-9/h3-6H,7,14H2,1-2H3. The molecule has 0 unspecified atom stereocenters. The molecule has 2 aromatic rings. The maximum Gasteiger partial charge on any atom is 0.123 e. The Labute approximate surface area is 103 Å². The van der Waals surface area contributed by atoms with Crippen LogP contribution in [0.25, 0.3) is 11.3 Å². The van der Waals surface area contributed by atoms with Crippen molar-refractivity contribution in [3.05, 3.63) is 40.3 Å². The van der Waals surface area contributed by atoms with Crippen molar-refractivity contribution in [2.75, 3.05) is 0 Å². The second kappa shape index (κ2) is 4.39. The molecule has 16 heavy (non-hydrogen) atoms. The maximum absolute atomic E-state index is 5.64. The van der Waals surface area contributed by atoms with Crippen molar-refractivity contribution in [3.63, 3.8) is 0 Å². The highest BCUT2D eigenvalue weighted by Gasteiger charge is 2.11. The molecule has 2 N–H and O–H groups in total. The van der Waals surface area contributed by atoms with E-state index in [0.717, 1.165) is 27.2 Å². The maximum atomic E-state index is 5.64. The minimum atomic E-state index is 0.466. The van der Waals surface area contributed by atoms with Gasteiger partial charge in [-0.15, -0.1) is 0 Å². The van der Waals surface area contributed by atoms with Crippen molar-refractivity contribution in [1.29, 1.82) is 0 Å². The molecule has 2 rings (SSSR count). The molecule has 0 aliphatic heterocycles. The Bertz CT molecular complexity index is 500. The third-order valence-corrected chi connectivity index (χ3v) is 3.30. The van der Waals surface area contributed by atoms with Crippen molar-refractivity contribution in [3.8, 4) is 11.3 Å². The topological polar surface area (TPSA) is 43.8 Å². The zero-order valence-electron chi connectivity index (χ0n) is 9.37. The van der Waals surface area contributed by atoms with Crippen LogP contribution in [0.3, 0.4) is 0 Å². The second-order valence-corrected chi connectivity index (χ2v) is 4.65. The molecule has 0 bridgehead atoms.